The van der Waals surface area contributed by atoms with E-state index in [-0.39, 0.29) is 11.5 Å². The van der Waals surface area contributed by atoms with Gasteiger partial charge in [-0.2, -0.15) is 13.2 Å². The molecule has 2 aromatic carbocycles. The number of carbonyl (C=O) groups excluding carboxylic acids is 2. The summed E-state index contributed by atoms with van der Waals surface area (Å²) in [6, 6.07) is 13.4. The molecule has 0 bridgehead atoms. The monoisotopic (exact) mass is 365 g/mol. The van der Waals surface area contributed by atoms with Crippen LogP contribution in [-0.2, 0) is 15.7 Å². The largest absolute Gasteiger partial charge is 0.452 e. The van der Waals surface area contributed by atoms with Crippen molar-refractivity contribution in [3.8, 4) is 0 Å². The van der Waals surface area contributed by atoms with E-state index in [0.29, 0.717) is 12.6 Å². The van der Waals surface area contributed by atoms with Gasteiger partial charge in [0, 0.05) is 6.54 Å². The van der Waals surface area contributed by atoms with Gasteiger partial charge in [-0.25, -0.2) is 4.79 Å². The van der Waals surface area contributed by atoms with Crippen molar-refractivity contribution in [1.29, 1.82) is 0 Å². The Bertz CT molecular complexity index is 760. The number of esters is 1. The Kier molecular flexibility index (Phi) is 6.38. The Balaban J connectivity index is 1.83. The van der Waals surface area contributed by atoms with Gasteiger partial charge in [-0.15, -0.1) is 0 Å². The van der Waals surface area contributed by atoms with Crippen LogP contribution in [0.1, 0.15) is 34.3 Å². The van der Waals surface area contributed by atoms with Gasteiger partial charge in [0.15, 0.2) is 6.61 Å². The molecule has 0 aliphatic carbocycles. The first-order valence-electron chi connectivity index (χ1n) is 7.93. The van der Waals surface area contributed by atoms with Crippen LogP contribution in [0.2, 0.25) is 0 Å². The molecule has 0 fully saturated rings. The van der Waals surface area contributed by atoms with Crippen molar-refractivity contribution >= 4 is 11.9 Å². The molecule has 7 heteroatoms. The summed E-state index contributed by atoms with van der Waals surface area (Å²) < 4.78 is 42.7. The van der Waals surface area contributed by atoms with Crippen molar-refractivity contribution < 1.29 is 27.5 Å². The predicted octanol–water partition coefficient (Wildman–Crippen LogP) is 3.78. The molecule has 4 nitrogen and oxygen atoms in total. The lowest BCUT2D eigenvalue weighted by atomic mass is 10.0. The van der Waals surface area contributed by atoms with E-state index in [1.54, 1.807) is 0 Å². The van der Waals surface area contributed by atoms with Crippen LogP contribution >= 0.6 is 0 Å². The molecule has 1 N–H and O–H groups in total. The van der Waals surface area contributed by atoms with E-state index in [0.717, 1.165) is 17.7 Å². The van der Waals surface area contributed by atoms with Gasteiger partial charge in [0.2, 0.25) is 0 Å². The zero-order chi connectivity index (χ0) is 19.2. The van der Waals surface area contributed by atoms with Crippen molar-refractivity contribution in [2.24, 2.45) is 0 Å². The van der Waals surface area contributed by atoms with Crippen LogP contribution in [0.25, 0.3) is 0 Å². The first kappa shape index (κ1) is 19.5. The van der Waals surface area contributed by atoms with Crippen LogP contribution < -0.4 is 5.32 Å². The van der Waals surface area contributed by atoms with Crippen LogP contribution in [0.4, 0.5) is 13.2 Å². The molecule has 1 amide bonds. The van der Waals surface area contributed by atoms with Gasteiger partial charge in [-0.05, 0) is 29.7 Å². The topological polar surface area (TPSA) is 55.4 Å². The molecule has 0 unspecified atom stereocenters. The zero-order valence-electron chi connectivity index (χ0n) is 14.0. The number of nitrogens with one attached hydrogen (secondary N) is 1. The highest BCUT2D eigenvalue weighted by atomic mass is 19.4. The highest BCUT2D eigenvalue weighted by Crippen LogP contribution is 2.29. The lowest BCUT2D eigenvalue weighted by molar-refractivity contribution is -0.137. The molecule has 0 spiro atoms. The zero-order valence-corrected chi connectivity index (χ0v) is 14.0. The Morgan fingerprint density at radius 2 is 1.77 bits per heavy atom. The fourth-order valence-electron chi connectivity index (χ4n) is 2.25. The second-order valence-electron chi connectivity index (χ2n) is 5.77. The number of benzene rings is 2. The number of hydrogen-bond donors (Lipinski definition) is 1. The predicted molar refractivity (Wildman–Crippen MR) is 89.6 cm³/mol. The molecule has 0 radical (unpaired) electrons. The summed E-state index contributed by atoms with van der Waals surface area (Å²) in [6.45, 7) is 1.73. The van der Waals surface area contributed by atoms with E-state index in [4.69, 9.17) is 4.74 Å². The van der Waals surface area contributed by atoms with E-state index < -0.39 is 30.2 Å². The third-order valence-corrected chi connectivity index (χ3v) is 3.73. The third-order valence-electron chi connectivity index (χ3n) is 3.73. The lowest BCUT2D eigenvalue weighted by Crippen LogP contribution is -2.31. The van der Waals surface area contributed by atoms with Crippen LogP contribution in [-0.4, -0.2) is 25.0 Å². The normalized spacial score (nSPS) is 12.3. The van der Waals surface area contributed by atoms with Gasteiger partial charge in [0.1, 0.15) is 0 Å². The first-order valence-corrected chi connectivity index (χ1v) is 7.93. The SMILES string of the molecule is C[C@@H](CNC(=O)COC(=O)c1cccc(C(F)(F)F)c1)c1ccccc1. The van der Waals surface area contributed by atoms with E-state index in [1.165, 1.54) is 6.07 Å². The molecule has 0 saturated carbocycles. The quantitative estimate of drug-likeness (QED) is 0.793. The Morgan fingerprint density at radius 1 is 1.08 bits per heavy atom. The molecule has 0 heterocycles. The molecular formula is C19H18F3NO3. The molecule has 0 aliphatic heterocycles. The highest BCUT2D eigenvalue weighted by Gasteiger charge is 2.31. The van der Waals surface area contributed by atoms with Crippen LogP contribution in [0.5, 0.6) is 0 Å². The summed E-state index contributed by atoms with van der Waals surface area (Å²) in [5.74, 6) is -1.44. The van der Waals surface area contributed by atoms with Crippen molar-refractivity contribution in [2.45, 2.75) is 19.0 Å². The average Bonchev–Trinajstić information content (AvgIpc) is 2.64. The third kappa shape index (κ3) is 5.61. The minimum Gasteiger partial charge on any atom is -0.452 e. The van der Waals surface area contributed by atoms with Crippen LogP contribution in [0, 0.1) is 0 Å². The molecule has 26 heavy (non-hydrogen) atoms. The van der Waals surface area contributed by atoms with Crippen molar-refractivity contribution in [1.82, 2.24) is 5.32 Å². The molecule has 1 atom stereocenters. The Labute approximate surface area is 149 Å². The van der Waals surface area contributed by atoms with Crippen molar-refractivity contribution in [3.63, 3.8) is 0 Å². The number of rotatable bonds is 6. The minimum atomic E-state index is -4.55. The maximum absolute atomic E-state index is 12.6. The number of alkyl halides is 3. The van der Waals surface area contributed by atoms with Gasteiger partial charge in [-0.1, -0.05) is 43.3 Å². The second-order valence-corrected chi connectivity index (χ2v) is 5.77. The number of ether oxygens (including phenoxy) is 1. The molecular weight excluding hydrogens is 347 g/mol. The summed E-state index contributed by atoms with van der Waals surface area (Å²) in [5.41, 5.74) is -0.160. The molecule has 0 aliphatic rings. The fourth-order valence-corrected chi connectivity index (χ4v) is 2.25. The maximum Gasteiger partial charge on any atom is 0.416 e. The summed E-state index contributed by atoms with van der Waals surface area (Å²) >= 11 is 0. The maximum atomic E-state index is 12.6. The fraction of sp³-hybridized carbons (Fsp3) is 0.263. The summed E-state index contributed by atoms with van der Waals surface area (Å²) in [7, 11) is 0. The number of hydrogen-bond acceptors (Lipinski definition) is 3. The van der Waals surface area contributed by atoms with Gasteiger partial charge < -0.3 is 10.1 Å². The summed E-state index contributed by atoms with van der Waals surface area (Å²) in [4.78, 5) is 23.6. The van der Waals surface area contributed by atoms with Gasteiger partial charge >= 0.3 is 12.1 Å². The number of amides is 1. The van der Waals surface area contributed by atoms with Crippen molar-refractivity contribution in [2.75, 3.05) is 13.2 Å². The lowest BCUT2D eigenvalue weighted by Gasteiger charge is -2.13. The van der Waals surface area contributed by atoms with E-state index in [2.05, 4.69) is 5.32 Å². The van der Waals surface area contributed by atoms with E-state index in [9.17, 15) is 22.8 Å². The minimum absolute atomic E-state index is 0.0688. The van der Waals surface area contributed by atoms with Gasteiger partial charge in [-0.3, -0.25) is 4.79 Å². The first-order chi connectivity index (χ1) is 12.3. The molecule has 138 valence electrons. The van der Waals surface area contributed by atoms with Gasteiger partial charge in [0.05, 0.1) is 11.1 Å². The smallest absolute Gasteiger partial charge is 0.416 e. The summed E-state index contributed by atoms with van der Waals surface area (Å²) in [6.07, 6.45) is -4.55. The molecule has 2 rings (SSSR count). The molecule has 0 saturated heterocycles. The Hall–Kier alpha value is -2.83. The number of halogens is 3. The van der Waals surface area contributed by atoms with Crippen LogP contribution in [0.3, 0.4) is 0 Å². The Morgan fingerprint density at radius 3 is 2.42 bits per heavy atom. The van der Waals surface area contributed by atoms with Crippen LogP contribution in [0.15, 0.2) is 54.6 Å². The van der Waals surface area contributed by atoms with E-state index >= 15 is 0 Å². The second kappa shape index (κ2) is 8.51. The number of carbonyl (C=O) groups is 2. The van der Waals surface area contributed by atoms with E-state index in [1.807, 2.05) is 37.3 Å². The van der Waals surface area contributed by atoms with Crippen molar-refractivity contribution in [3.05, 3.63) is 71.3 Å². The van der Waals surface area contributed by atoms with Gasteiger partial charge in [0.25, 0.3) is 5.91 Å². The molecule has 0 aromatic heterocycles. The molecule has 2 aromatic rings. The highest BCUT2D eigenvalue weighted by molar-refractivity contribution is 5.91. The average molecular weight is 365 g/mol. The summed E-state index contributed by atoms with van der Waals surface area (Å²) in [5, 5.41) is 2.63. The standard InChI is InChI=1S/C19H18F3NO3/c1-13(14-6-3-2-4-7-14)11-23-17(24)12-26-18(25)15-8-5-9-16(10-15)19(20,21)22/h2-10,13H,11-12H2,1H3,(H,23,24)/t13-/m0/s1.